The van der Waals surface area contributed by atoms with Crippen LogP contribution in [0.3, 0.4) is 0 Å². The lowest BCUT2D eigenvalue weighted by atomic mass is 9.97. The van der Waals surface area contributed by atoms with Gasteiger partial charge in [0.1, 0.15) is 11.6 Å². The quantitative estimate of drug-likeness (QED) is 0.210. The van der Waals surface area contributed by atoms with Crippen LogP contribution in [0.25, 0.3) is 10.8 Å². The number of aryl methyl sites for hydroxylation is 3. The van der Waals surface area contributed by atoms with Crippen molar-refractivity contribution in [2.45, 2.75) is 57.9 Å². The zero-order valence-corrected chi connectivity index (χ0v) is 20.8. The number of fused-ring (bicyclic) bond motifs is 1. The fourth-order valence-corrected chi connectivity index (χ4v) is 4.66. The SMILES string of the molecule is C/C=C/CCC1COC(CCc2ccc3c(F)c(CCc4ccc(C(F)(F)F)c(F)c4)ccc3c2)OC1. The molecule has 3 aromatic carbocycles. The second-order valence-corrected chi connectivity index (χ2v) is 9.55. The number of allylic oxidation sites excluding steroid dienone is 2. The Labute approximate surface area is 214 Å². The average molecular weight is 519 g/mol. The summed E-state index contributed by atoms with van der Waals surface area (Å²) in [6, 6.07) is 12.0. The molecule has 0 unspecified atom stereocenters. The number of alkyl halides is 3. The molecule has 0 amide bonds. The molecular weight excluding hydrogens is 487 g/mol. The highest BCUT2D eigenvalue weighted by Crippen LogP contribution is 2.32. The van der Waals surface area contributed by atoms with Crippen molar-refractivity contribution in [3.05, 3.63) is 94.6 Å². The first-order chi connectivity index (χ1) is 17.7. The second kappa shape index (κ2) is 12.2. The maximum Gasteiger partial charge on any atom is 0.419 e. The van der Waals surface area contributed by atoms with Crippen LogP contribution in [0.4, 0.5) is 22.0 Å². The summed E-state index contributed by atoms with van der Waals surface area (Å²) in [5.41, 5.74) is 0.585. The van der Waals surface area contributed by atoms with Gasteiger partial charge in [-0.15, -0.1) is 0 Å². The predicted molar refractivity (Wildman–Crippen MR) is 134 cm³/mol. The molecule has 0 aliphatic carbocycles. The van der Waals surface area contributed by atoms with Crippen molar-refractivity contribution in [1.82, 2.24) is 0 Å². The molecule has 4 rings (SSSR count). The lowest BCUT2D eigenvalue weighted by Crippen LogP contribution is -2.32. The van der Waals surface area contributed by atoms with Gasteiger partial charge in [0.25, 0.3) is 0 Å². The van der Waals surface area contributed by atoms with Gasteiger partial charge in [-0.2, -0.15) is 13.2 Å². The van der Waals surface area contributed by atoms with E-state index < -0.39 is 17.6 Å². The molecule has 1 saturated heterocycles. The Balaban J connectivity index is 1.33. The van der Waals surface area contributed by atoms with Crippen LogP contribution in [0.5, 0.6) is 0 Å². The van der Waals surface area contributed by atoms with E-state index in [0.29, 0.717) is 35.6 Å². The van der Waals surface area contributed by atoms with Crippen LogP contribution in [-0.4, -0.2) is 19.5 Å². The summed E-state index contributed by atoms with van der Waals surface area (Å²) in [4.78, 5) is 0. The maximum absolute atomic E-state index is 15.2. The summed E-state index contributed by atoms with van der Waals surface area (Å²) in [5, 5.41) is 1.25. The van der Waals surface area contributed by atoms with Gasteiger partial charge in [0.15, 0.2) is 6.29 Å². The molecule has 7 heteroatoms. The van der Waals surface area contributed by atoms with Gasteiger partial charge in [0.05, 0.1) is 18.8 Å². The third-order valence-electron chi connectivity index (χ3n) is 6.80. The minimum Gasteiger partial charge on any atom is -0.352 e. The molecule has 1 fully saturated rings. The van der Waals surface area contributed by atoms with Gasteiger partial charge >= 0.3 is 6.18 Å². The van der Waals surface area contributed by atoms with E-state index >= 15 is 4.39 Å². The van der Waals surface area contributed by atoms with Crippen LogP contribution in [0.1, 0.15) is 48.4 Å². The third-order valence-corrected chi connectivity index (χ3v) is 6.80. The van der Waals surface area contributed by atoms with Crippen LogP contribution < -0.4 is 0 Å². The summed E-state index contributed by atoms with van der Waals surface area (Å²) in [7, 11) is 0. The first kappa shape index (κ1) is 27.3. The Hall–Kier alpha value is -2.77. The van der Waals surface area contributed by atoms with Crippen LogP contribution in [0.15, 0.2) is 60.7 Å². The van der Waals surface area contributed by atoms with Crippen molar-refractivity contribution in [1.29, 1.82) is 0 Å². The van der Waals surface area contributed by atoms with E-state index in [1.165, 1.54) is 6.07 Å². The molecule has 0 atom stereocenters. The molecule has 0 spiro atoms. The largest absolute Gasteiger partial charge is 0.419 e. The molecule has 1 aliphatic heterocycles. The highest BCUT2D eigenvalue weighted by molar-refractivity contribution is 5.84. The van der Waals surface area contributed by atoms with Gasteiger partial charge in [-0.1, -0.05) is 48.6 Å². The highest BCUT2D eigenvalue weighted by atomic mass is 19.4. The van der Waals surface area contributed by atoms with E-state index in [2.05, 4.69) is 12.2 Å². The summed E-state index contributed by atoms with van der Waals surface area (Å²) in [6.45, 7) is 3.42. The smallest absolute Gasteiger partial charge is 0.352 e. The van der Waals surface area contributed by atoms with Gasteiger partial charge in [0.2, 0.25) is 0 Å². The molecule has 0 bridgehead atoms. The Kier molecular flexibility index (Phi) is 8.98. The Morgan fingerprint density at radius 3 is 2.30 bits per heavy atom. The van der Waals surface area contributed by atoms with Gasteiger partial charge in [-0.25, -0.2) is 8.78 Å². The van der Waals surface area contributed by atoms with Crippen molar-refractivity contribution in [3.63, 3.8) is 0 Å². The fraction of sp³-hybridized carbons (Fsp3) is 0.400. The number of rotatable bonds is 9. The van der Waals surface area contributed by atoms with Crippen molar-refractivity contribution in [2.24, 2.45) is 5.92 Å². The number of ether oxygens (including phenoxy) is 2. The van der Waals surface area contributed by atoms with Crippen molar-refractivity contribution in [2.75, 3.05) is 13.2 Å². The first-order valence-corrected chi connectivity index (χ1v) is 12.6. The second-order valence-electron chi connectivity index (χ2n) is 9.55. The minimum atomic E-state index is -4.74. The Morgan fingerprint density at radius 1 is 0.865 bits per heavy atom. The topological polar surface area (TPSA) is 18.5 Å². The number of hydrogen-bond donors (Lipinski definition) is 0. The summed E-state index contributed by atoms with van der Waals surface area (Å²) in [5.74, 6) is -1.26. The molecule has 3 aromatic rings. The lowest BCUT2D eigenvalue weighted by Gasteiger charge is -2.29. The molecule has 1 aliphatic rings. The Bertz CT molecular complexity index is 1230. The molecule has 198 valence electrons. The van der Waals surface area contributed by atoms with Crippen molar-refractivity contribution >= 4 is 10.8 Å². The number of halogens is 5. The van der Waals surface area contributed by atoms with Crippen LogP contribution >= 0.6 is 0 Å². The lowest BCUT2D eigenvalue weighted by molar-refractivity contribution is -0.203. The molecule has 0 radical (unpaired) electrons. The van der Waals surface area contributed by atoms with Gasteiger partial charge in [-0.3, -0.25) is 0 Å². The minimum absolute atomic E-state index is 0.229. The van der Waals surface area contributed by atoms with Crippen molar-refractivity contribution in [3.8, 4) is 0 Å². The van der Waals surface area contributed by atoms with Crippen LogP contribution in [-0.2, 0) is 34.9 Å². The summed E-state index contributed by atoms with van der Waals surface area (Å²) >= 11 is 0. The van der Waals surface area contributed by atoms with Gasteiger partial charge < -0.3 is 9.47 Å². The monoisotopic (exact) mass is 518 g/mol. The van der Waals surface area contributed by atoms with E-state index in [9.17, 15) is 17.6 Å². The van der Waals surface area contributed by atoms with E-state index in [4.69, 9.17) is 9.47 Å². The van der Waals surface area contributed by atoms with Crippen molar-refractivity contribution < 1.29 is 31.4 Å². The van der Waals surface area contributed by atoms with E-state index in [-0.39, 0.29) is 24.9 Å². The molecule has 0 saturated carbocycles. The normalized spacial score (nSPS) is 18.6. The van der Waals surface area contributed by atoms with Crippen LogP contribution in [0, 0.1) is 17.6 Å². The molecule has 0 aromatic heterocycles. The average Bonchev–Trinajstić information content (AvgIpc) is 2.87. The van der Waals surface area contributed by atoms with Crippen LogP contribution in [0.2, 0.25) is 0 Å². The standard InChI is InChI=1S/C30H31F5O2/c1-2-3-4-5-22-18-36-28(37-19-22)15-9-20-7-13-25-24(16-20)12-11-23(29(25)32)10-6-21-8-14-26(27(31)17-21)30(33,34)35/h2-3,7-8,11-14,16-17,22,28H,4-6,9-10,15,18-19H2,1H3/b3-2+. The molecule has 0 N–H and O–H groups in total. The Morgan fingerprint density at radius 2 is 1.59 bits per heavy atom. The number of benzene rings is 3. The molecule has 2 nitrogen and oxygen atoms in total. The van der Waals surface area contributed by atoms with E-state index in [1.807, 2.05) is 25.1 Å². The molecular formula is C30H31F5O2. The summed E-state index contributed by atoms with van der Waals surface area (Å²) in [6.07, 6.45) is 3.25. The summed E-state index contributed by atoms with van der Waals surface area (Å²) < 4.78 is 79.0. The zero-order chi connectivity index (χ0) is 26.4. The molecule has 1 heterocycles. The molecule has 37 heavy (non-hydrogen) atoms. The van der Waals surface area contributed by atoms with E-state index in [0.717, 1.165) is 48.8 Å². The number of hydrogen-bond acceptors (Lipinski definition) is 2. The maximum atomic E-state index is 15.2. The van der Waals surface area contributed by atoms with Gasteiger partial charge in [0, 0.05) is 17.7 Å². The fourth-order valence-electron chi connectivity index (χ4n) is 4.66. The van der Waals surface area contributed by atoms with E-state index in [1.54, 1.807) is 12.1 Å². The first-order valence-electron chi connectivity index (χ1n) is 12.6. The van der Waals surface area contributed by atoms with Gasteiger partial charge in [-0.05, 0) is 73.2 Å². The highest BCUT2D eigenvalue weighted by Gasteiger charge is 2.33. The third kappa shape index (κ3) is 7.17. The predicted octanol–water partition coefficient (Wildman–Crippen LogP) is 8.20. The zero-order valence-electron chi connectivity index (χ0n) is 20.8.